The third-order valence-electron chi connectivity index (χ3n) is 13.6. The molecule has 0 aliphatic rings. The van der Waals surface area contributed by atoms with E-state index in [1.54, 1.807) is 0 Å². The minimum atomic E-state index is 0.612. The lowest BCUT2D eigenvalue weighted by atomic mass is 10.0. The number of benzene rings is 10. The van der Waals surface area contributed by atoms with Gasteiger partial charge in [0.05, 0.1) is 37.2 Å². The highest BCUT2D eigenvalue weighted by Gasteiger charge is 2.24. The maximum Gasteiger partial charge on any atom is 0.166 e. The van der Waals surface area contributed by atoms with Crippen molar-refractivity contribution in [3.05, 3.63) is 237 Å². The number of rotatable bonds is 7. The summed E-state index contributed by atoms with van der Waals surface area (Å²) in [5.74, 6) is 1.86. The van der Waals surface area contributed by atoms with E-state index < -0.39 is 0 Å². The van der Waals surface area contributed by atoms with Crippen LogP contribution >= 0.6 is 11.3 Å². The van der Waals surface area contributed by atoms with Gasteiger partial charge in [-0.05, 0) is 58.7 Å². The monoisotopic (exact) mass is 897 g/mol. The van der Waals surface area contributed by atoms with Crippen LogP contribution in [-0.2, 0) is 0 Å². The van der Waals surface area contributed by atoms with Crippen LogP contribution in [0.25, 0.3) is 132 Å². The third kappa shape index (κ3) is 6.34. The number of nitrogens with zero attached hydrogens (tertiary/aromatic N) is 5. The van der Waals surface area contributed by atoms with Gasteiger partial charge < -0.3 is 9.13 Å². The van der Waals surface area contributed by atoms with Gasteiger partial charge in [0.25, 0.3) is 0 Å². The van der Waals surface area contributed by atoms with Crippen molar-refractivity contribution in [2.45, 2.75) is 0 Å². The van der Waals surface area contributed by atoms with Crippen LogP contribution in [0.5, 0.6) is 0 Å². The van der Waals surface area contributed by atoms with Crippen molar-refractivity contribution in [3.8, 4) is 67.8 Å². The van der Waals surface area contributed by atoms with Crippen LogP contribution in [0, 0.1) is 0 Å². The molecule has 10 aromatic carbocycles. The first-order valence-electron chi connectivity index (χ1n) is 23.3. The van der Waals surface area contributed by atoms with Crippen molar-refractivity contribution in [1.82, 2.24) is 24.1 Å². The number of aromatic nitrogens is 5. The van der Waals surface area contributed by atoms with E-state index in [0.29, 0.717) is 17.5 Å². The molecule has 5 nitrogen and oxygen atoms in total. The van der Waals surface area contributed by atoms with Gasteiger partial charge in [0.15, 0.2) is 17.5 Å². The van der Waals surface area contributed by atoms with E-state index >= 15 is 0 Å². The Bertz CT molecular complexity index is 4270. The minimum absolute atomic E-state index is 0.612. The molecule has 0 N–H and O–H groups in total. The molecule has 0 radical (unpaired) electrons. The first-order chi connectivity index (χ1) is 34.2. The summed E-state index contributed by atoms with van der Waals surface area (Å²) < 4.78 is 7.41. The Labute approximate surface area is 401 Å². The molecule has 0 unspecified atom stereocenters. The SMILES string of the molecule is c1ccc(-c2ccc(-c3nc(-c4ccccc4)nc(-c4ccccc4-n4c5ccccc5c5ccc6c7ccc8c9ccccc9n(-c9ccc(-c%10ccccc%10)cc9)c8c7sc6c54)n3)cc2)cc1. The smallest absolute Gasteiger partial charge is 0.166 e. The van der Waals surface area contributed by atoms with Crippen molar-refractivity contribution in [2.24, 2.45) is 0 Å². The van der Waals surface area contributed by atoms with Gasteiger partial charge in [0.1, 0.15) is 0 Å². The van der Waals surface area contributed by atoms with Gasteiger partial charge in [-0.15, -0.1) is 11.3 Å². The van der Waals surface area contributed by atoms with Gasteiger partial charge in [-0.3, -0.25) is 0 Å². The molecule has 14 rings (SSSR count). The molecule has 0 aliphatic carbocycles. The Kier molecular flexibility index (Phi) is 9.00. The third-order valence-corrected chi connectivity index (χ3v) is 14.8. The second-order valence-electron chi connectivity index (χ2n) is 17.5. The van der Waals surface area contributed by atoms with Crippen LogP contribution in [0.15, 0.2) is 237 Å². The summed E-state index contributed by atoms with van der Waals surface area (Å²) in [7, 11) is 0. The van der Waals surface area contributed by atoms with E-state index in [2.05, 4.69) is 221 Å². The van der Waals surface area contributed by atoms with Gasteiger partial charge in [0.2, 0.25) is 0 Å². The Balaban J connectivity index is 1.00. The zero-order chi connectivity index (χ0) is 45.4. The summed E-state index contributed by atoms with van der Waals surface area (Å²) in [4.78, 5) is 15.7. The predicted molar refractivity (Wildman–Crippen MR) is 289 cm³/mol. The van der Waals surface area contributed by atoms with E-state index in [1.807, 2.05) is 35.6 Å². The van der Waals surface area contributed by atoms with E-state index in [1.165, 1.54) is 75.0 Å². The number of para-hydroxylation sites is 3. The Morgan fingerprint density at radius 2 is 0.667 bits per heavy atom. The largest absolute Gasteiger partial charge is 0.308 e. The highest BCUT2D eigenvalue weighted by atomic mass is 32.1. The number of thiophene rings is 1. The van der Waals surface area contributed by atoms with Crippen LogP contribution in [0.4, 0.5) is 0 Å². The maximum atomic E-state index is 5.31. The predicted octanol–water partition coefficient (Wildman–Crippen LogP) is 16.8. The summed E-state index contributed by atoms with van der Waals surface area (Å²) in [5, 5.41) is 7.36. The molecular weight excluding hydrogens is 859 g/mol. The van der Waals surface area contributed by atoms with Gasteiger partial charge in [-0.25, -0.2) is 15.0 Å². The summed E-state index contributed by atoms with van der Waals surface area (Å²) >= 11 is 1.89. The van der Waals surface area contributed by atoms with Gasteiger partial charge in [-0.1, -0.05) is 200 Å². The molecular formula is C63H39N5S. The fourth-order valence-corrected chi connectivity index (χ4v) is 11.8. The Hall–Kier alpha value is -8.97. The summed E-state index contributed by atoms with van der Waals surface area (Å²) in [5.41, 5.74) is 14.3. The molecule has 322 valence electrons. The molecule has 4 heterocycles. The van der Waals surface area contributed by atoms with Crippen LogP contribution < -0.4 is 0 Å². The Morgan fingerprint density at radius 3 is 1.25 bits per heavy atom. The molecule has 0 fully saturated rings. The molecule has 0 aliphatic heterocycles. The van der Waals surface area contributed by atoms with E-state index in [4.69, 9.17) is 15.0 Å². The minimum Gasteiger partial charge on any atom is -0.308 e. The Morgan fingerprint density at radius 1 is 0.275 bits per heavy atom. The van der Waals surface area contributed by atoms with Gasteiger partial charge in [0, 0.05) is 54.7 Å². The van der Waals surface area contributed by atoms with Crippen LogP contribution in [0.1, 0.15) is 0 Å². The lowest BCUT2D eigenvalue weighted by molar-refractivity contribution is 1.06. The number of hydrogen-bond donors (Lipinski definition) is 0. The zero-order valence-corrected chi connectivity index (χ0v) is 38.0. The molecule has 69 heavy (non-hydrogen) atoms. The fraction of sp³-hybridized carbons (Fsp3) is 0. The highest BCUT2D eigenvalue weighted by molar-refractivity contribution is 7.27. The highest BCUT2D eigenvalue weighted by Crippen LogP contribution is 2.48. The van der Waals surface area contributed by atoms with Crippen molar-refractivity contribution < 1.29 is 0 Å². The van der Waals surface area contributed by atoms with Gasteiger partial charge >= 0.3 is 0 Å². The van der Waals surface area contributed by atoms with Crippen molar-refractivity contribution in [3.63, 3.8) is 0 Å². The summed E-state index contributed by atoms with van der Waals surface area (Å²) in [6, 6.07) is 84.3. The quantitative estimate of drug-likeness (QED) is 0.160. The average molecular weight is 898 g/mol. The lowest BCUT2D eigenvalue weighted by Gasteiger charge is -2.15. The van der Waals surface area contributed by atoms with Crippen molar-refractivity contribution in [1.29, 1.82) is 0 Å². The van der Waals surface area contributed by atoms with Crippen LogP contribution in [-0.4, -0.2) is 24.1 Å². The maximum absolute atomic E-state index is 5.31. The first kappa shape index (κ1) is 39.2. The molecule has 14 aromatic rings. The topological polar surface area (TPSA) is 48.5 Å². The molecule has 0 bridgehead atoms. The van der Waals surface area contributed by atoms with E-state index in [-0.39, 0.29) is 0 Å². The van der Waals surface area contributed by atoms with Gasteiger partial charge in [-0.2, -0.15) is 0 Å². The average Bonchev–Trinajstić information content (AvgIpc) is 4.10. The summed E-state index contributed by atoms with van der Waals surface area (Å²) in [6.07, 6.45) is 0. The number of hydrogen-bond acceptors (Lipinski definition) is 4. The molecule has 0 atom stereocenters. The van der Waals surface area contributed by atoms with E-state index in [0.717, 1.165) is 39.1 Å². The second kappa shape index (κ2) is 15.8. The normalized spacial score (nSPS) is 11.8. The van der Waals surface area contributed by atoms with Crippen molar-refractivity contribution in [2.75, 3.05) is 0 Å². The molecule has 0 spiro atoms. The molecule has 0 saturated heterocycles. The standard InChI is InChI=1S/C63H39N5S/c1-4-16-40(17-5-1)42-28-30-45(31-29-42)62-64-61(44-20-8-3-9-21-44)65-63(66-62)53-24-12-15-27-56(53)68-55-26-14-11-23-48(55)50-37-39-52-51-38-36-49-47-22-10-13-25-54(47)67(57(49)59(51)69-60(52)58(50)68)46-34-32-43(33-35-46)41-18-6-2-7-19-41/h1-39H. The van der Waals surface area contributed by atoms with E-state index in [9.17, 15) is 0 Å². The molecule has 0 saturated carbocycles. The van der Waals surface area contributed by atoms with Crippen LogP contribution in [0.3, 0.4) is 0 Å². The molecule has 6 heteroatoms. The fourth-order valence-electron chi connectivity index (χ4n) is 10.4. The second-order valence-corrected chi connectivity index (χ2v) is 18.6. The number of fused-ring (bicyclic) bond motifs is 11. The molecule has 4 aromatic heterocycles. The first-order valence-corrected chi connectivity index (χ1v) is 24.1. The van der Waals surface area contributed by atoms with Crippen molar-refractivity contribution >= 4 is 75.1 Å². The van der Waals surface area contributed by atoms with Crippen LogP contribution in [0.2, 0.25) is 0 Å². The summed E-state index contributed by atoms with van der Waals surface area (Å²) in [6.45, 7) is 0. The molecule has 0 amide bonds. The zero-order valence-electron chi connectivity index (χ0n) is 37.2. The lowest BCUT2D eigenvalue weighted by Crippen LogP contribution is -2.03.